The van der Waals surface area contributed by atoms with E-state index in [-0.39, 0.29) is 12.1 Å². The molecule has 0 saturated carbocycles. The molecule has 2 amide bonds. The Morgan fingerprint density at radius 2 is 2.18 bits per heavy atom. The van der Waals surface area contributed by atoms with Gasteiger partial charge in [-0.25, -0.2) is 4.79 Å². The summed E-state index contributed by atoms with van der Waals surface area (Å²) in [5.41, 5.74) is 3.51. The minimum Gasteiger partial charge on any atom is -0.469 e. The van der Waals surface area contributed by atoms with E-state index in [0.29, 0.717) is 6.54 Å². The van der Waals surface area contributed by atoms with Gasteiger partial charge >= 0.3 is 6.03 Å². The Kier molecular flexibility index (Phi) is 4.18. The number of fused-ring (bicyclic) bond motifs is 1. The van der Waals surface area contributed by atoms with Gasteiger partial charge in [0, 0.05) is 25.6 Å². The number of nitrogens with one attached hydrogen (secondary N) is 1. The van der Waals surface area contributed by atoms with Crippen LogP contribution in [0, 0.1) is 6.92 Å². The first-order valence-corrected chi connectivity index (χ1v) is 7.77. The lowest BCUT2D eigenvalue weighted by molar-refractivity contribution is 0.201. The molecule has 0 saturated heterocycles. The molecule has 2 aromatic rings. The number of benzene rings is 1. The van der Waals surface area contributed by atoms with Crippen molar-refractivity contribution in [2.75, 3.05) is 7.05 Å². The van der Waals surface area contributed by atoms with Gasteiger partial charge in [0.05, 0.1) is 12.3 Å². The zero-order chi connectivity index (χ0) is 15.5. The molecule has 0 aliphatic heterocycles. The minimum atomic E-state index is -0.0395. The Labute approximate surface area is 131 Å². The minimum absolute atomic E-state index is 0.0395. The van der Waals surface area contributed by atoms with Crippen molar-refractivity contribution in [2.45, 2.75) is 38.8 Å². The average Bonchev–Trinajstić information content (AvgIpc) is 2.99. The molecular weight excluding hydrogens is 276 g/mol. The highest BCUT2D eigenvalue weighted by atomic mass is 16.3. The van der Waals surface area contributed by atoms with Gasteiger partial charge in [0.15, 0.2) is 0 Å². The van der Waals surface area contributed by atoms with Crippen LogP contribution in [0.3, 0.4) is 0 Å². The number of furan rings is 1. The Hall–Kier alpha value is -2.23. The highest BCUT2D eigenvalue weighted by Gasteiger charge is 2.25. The van der Waals surface area contributed by atoms with E-state index in [1.54, 1.807) is 11.2 Å². The van der Waals surface area contributed by atoms with Crippen molar-refractivity contribution in [3.63, 3.8) is 0 Å². The Balaban J connectivity index is 1.64. The van der Waals surface area contributed by atoms with Gasteiger partial charge in [0.25, 0.3) is 0 Å². The summed E-state index contributed by atoms with van der Waals surface area (Å²) in [5, 5.41) is 3.13. The number of carbonyl (C=O) groups is 1. The van der Waals surface area contributed by atoms with Gasteiger partial charge in [-0.3, -0.25) is 0 Å². The van der Waals surface area contributed by atoms with Crippen LogP contribution in [0.4, 0.5) is 4.79 Å². The molecule has 4 nitrogen and oxygen atoms in total. The van der Waals surface area contributed by atoms with Crippen LogP contribution >= 0.6 is 0 Å². The van der Waals surface area contributed by atoms with Crippen molar-refractivity contribution >= 4 is 6.03 Å². The van der Waals surface area contributed by atoms with Crippen LogP contribution < -0.4 is 5.32 Å². The first-order chi connectivity index (χ1) is 10.6. The molecule has 0 bridgehead atoms. The van der Waals surface area contributed by atoms with Crippen LogP contribution in [0.1, 0.15) is 41.3 Å². The first-order valence-electron chi connectivity index (χ1n) is 7.77. The molecule has 4 heteroatoms. The van der Waals surface area contributed by atoms with Crippen LogP contribution in [0.2, 0.25) is 0 Å². The molecule has 1 unspecified atom stereocenters. The molecule has 1 N–H and O–H groups in total. The lowest BCUT2D eigenvalue weighted by atomic mass is 9.93. The zero-order valence-corrected chi connectivity index (χ0v) is 13.1. The van der Waals surface area contributed by atoms with Crippen LogP contribution in [-0.4, -0.2) is 18.0 Å². The van der Waals surface area contributed by atoms with Crippen LogP contribution in [0.15, 0.2) is 41.0 Å². The quantitative estimate of drug-likeness (QED) is 0.936. The number of aryl methyl sites for hydroxylation is 2. The molecule has 1 aliphatic carbocycles. The van der Waals surface area contributed by atoms with E-state index in [1.807, 2.05) is 25.2 Å². The molecule has 116 valence electrons. The molecule has 1 heterocycles. The highest BCUT2D eigenvalue weighted by molar-refractivity contribution is 5.74. The number of hydrogen-bond acceptors (Lipinski definition) is 2. The van der Waals surface area contributed by atoms with E-state index >= 15 is 0 Å². The lowest BCUT2D eigenvalue weighted by Crippen LogP contribution is -2.39. The fraction of sp³-hybridized carbons (Fsp3) is 0.389. The average molecular weight is 298 g/mol. The third-order valence-electron chi connectivity index (χ3n) is 4.37. The SMILES string of the molecule is Cc1ccccc1CN(C)C(=O)NC1CCCc2occc21. The Bertz CT molecular complexity index is 663. The fourth-order valence-electron chi connectivity index (χ4n) is 3.01. The van der Waals surface area contributed by atoms with E-state index in [9.17, 15) is 4.79 Å². The Morgan fingerprint density at radius 1 is 1.36 bits per heavy atom. The van der Waals surface area contributed by atoms with Crippen LogP contribution in [-0.2, 0) is 13.0 Å². The van der Waals surface area contributed by atoms with E-state index in [4.69, 9.17) is 4.42 Å². The molecule has 22 heavy (non-hydrogen) atoms. The number of carbonyl (C=O) groups excluding carboxylic acids is 1. The summed E-state index contributed by atoms with van der Waals surface area (Å²) in [6.07, 6.45) is 4.70. The third kappa shape index (κ3) is 3.01. The van der Waals surface area contributed by atoms with Crippen LogP contribution in [0.5, 0.6) is 0 Å². The van der Waals surface area contributed by atoms with E-state index in [2.05, 4.69) is 24.4 Å². The topological polar surface area (TPSA) is 45.5 Å². The van der Waals surface area contributed by atoms with Crippen molar-refractivity contribution in [1.82, 2.24) is 10.2 Å². The summed E-state index contributed by atoms with van der Waals surface area (Å²) in [7, 11) is 1.83. The van der Waals surface area contributed by atoms with Gasteiger partial charge in [-0.1, -0.05) is 24.3 Å². The fourth-order valence-corrected chi connectivity index (χ4v) is 3.01. The number of rotatable bonds is 3. The summed E-state index contributed by atoms with van der Waals surface area (Å²) in [4.78, 5) is 14.2. The van der Waals surface area contributed by atoms with E-state index in [0.717, 1.165) is 30.6 Å². The molecule has 1 aromatic heterocycles. The number of hydrogen-bond donors (Lipinski definition) is 1. The molecule has 0 fully saturated rings. The third-order valence-corrected chi connectivity index (χ3v) is 4.37. The molecular formula is C18H22N2O2. The summed E-state index contributed by atoms with van der Waals surface area (Å²) in [5.74, 6) is 1.01. The molecule has 1 atom stereocenters. The van der Waals surface area contributed by atoms with Crippen LogP contribution in [0.25, 0.3) is 0 Å². The van der Waals surface area contributed by atoms with Crippen molar-refractivity contribution in [3.8, 4) is 0 Å². The maximum atomic E-state index is 12.4. The lowest BCUT2D eigenvalue weighted by Gasteiger charge is -2.26. The second-order valence-electron chi connectivity index (χ2n) is 5.98. The van der Waals surface area contributed by atoms with Crippen molar-refractivity contribution in [1.29, 1.82) is 0 Å². The first kappa shape index (κ1) is 14.7. The normalized spacial score (nSPS) is 16.9. The van der Waals surface area contributed by atoms with E-state index in [1.165, 1.54) is 11.1 Å². The second-order valence-corrected chi connectivity index (χ2v) is 5.98. The van der Waals surface area contributed by atoms with Crippen molar-refractivity contribution in [3.05, 3.63) is 59.0 Å². The summed E-state index contributed by atoms with van der Waals surface area (Å²) in [6.45, 7) is 2.68. The summed E-state index contributed by atoms with van der Waals surface area (Å²) < 4.78 is 5.47. The van der Waals surface area contributed by atoms with Gasteiger partial charge in [-0.15, -0.1) is 0 Å². The predicted octanol–water partition coefficient (Wildman–Crippen LogP) is 3.81. The Morgan fingerprint density at radius 3 is 3.00 bits per heavy atom. The van der Waals surface area contributed by atoms with Gasteiger partial charge in [-0.05, 0) is 37.0 Å². The summed E-state index contributed by atoms with van der Waals surface area (Å²) >= 11 is 0. The second kappa shape index (κ2) is 6.26. The number of amides is 2. The molecule has 1 aromatic carbocycles. The van der Waals surface area contributed by atoms with Crippen molar-refractivity contribution < 1.29 is 9.21 Å². The number of nitrogens with zero attached hydrogens (tertiary/aromatic N) is 1. The number of urea groups is 1. The zero-order valence-electron chi connectivity index (χ0n) is 13.1. The van der Waals surface area contributed by atoms with Gasteiger partial charge in [0.1, 0.15) is 5.76 Å². The largest absolute Gasteiger partial charge is 0.469 e. The van der Waals surface area contributed by atoms with Gasteiger partial charge < -0.3 is 14.6 Å². The monoisotopic (exact) mass is 298 g/mol. The summed E-state index contributed by atoms with van der Waals surface area (Å²) in [6, 6.07) is 10.2. The van der Waals surface area contributed by atoms with Gasteiger partial charge in [-0.2, -0.15) is 0 Å². The predicted molar refractivity (Wildman–Crippen MR) is 85.6 cm³/mol. The van der Waals surface area contributed by atoms with Crippen molar-refractivity contribution in [2.24, 2.45) is 0 Å². The van der Waals surface area contributed by atoms with E-state index < -0.39 is 0 Å². The maximum absolute atomic E-state index is 12.4. The molecule has 0 radical (unpaired) electrons. The molecule has 1 aliphatic rings. The van der Waals surface area contributed by atoms with Gasteiger partial charge in [0.2, 0.25) is 0 Å². The smallest absolute Gasteiger partial charge is 0.317 e. The highest BCUT2D eigenvalue weighted by Crippen LogP contribution is 2.30. The molecule has 0 spiro atoms. The maximum Gasteiger partial charge on any atom is 0.317 e. The molecule has 3 rings (SSSR count). The standard InChI is InChI=1S/C18H22N2O2/c1-13-6-3-4-7-14(13)12-20(2)18(21)19-16-8-5-9-17-15(16)10-11-22-17/h3-4,6-7,10-11,16H,5,8-9,12H2,1-2H3,(H,19,21).